The smallest absolute Gasteiger partial charge is 0.224 e. The van der Waals surface area contributed by atoms with Crippen molar-refractivity contribution in [3.63, 3.8) is 0 Å². The van der Waals surface area contributed by atoms with Gasteiger partial charge in [-0.3, -0.25) is 0 Å². The van der Waals surface area contributed by atoms with Crippen molar-refractivity contribution in [1.29, 1.82) is 5.26 Å². The lowest BCUT2D eigenvalue weighted by molar-refractivity contribution is 0.0346. The zero-order valence-electron chi connectivity index (χ0n) is 15.4. The molecule has 0 aliphatic heterocycles. The Morgan fingerprint density at radius 2 is 2.00 bits per heavy atom. The Kier molecular flexibility index (Phi) is 6.64. The predicted octanol–water partition coefficient (Wildman–Crippen LogP) is 2.82. The Balaban J connectivity index is 1.61. The summed E-state index contributed by atoms with van der Waals surface area (Å²) in [5.74, 6) is 1.12. The molecule has 2 aliphatic carbocycles. The molecule has 142 valence electrons. The molecule has 0 saturated heterocycles. The van der Waals surface area contributed by atoms with Gasteiger partial charge >= 0.3 is 0 Å². The molecular weight excluding hydrogens is 330 g/mol. The number of aromatic nitrogens is 2. The summed E-state index contributed by atoms with van der Waals surface area (Å²) >= 11 is 0. The summed E-state index contributed by atoms with van der Waals surface area (Å²) in [6.07, 6.45) is 9.35. The van der Waals surface area contributed by atoms with Crippen LogP contribution in [0.4, 0.5) is 11.8 Å². The molecule has 0 radical (unpaired) electrons. The lowest BCUT2D eigenvalue weighted by Crippen LogP contribution is -2.31. The second kappa shape index (κ2) is 9.15. The van der Waals surface area contributed by atoms with Gasteiger partial charge in [-0.2, -0.15) is 10.2 Å². The van der Waals surface area contributed by atoms with E-state index in [1.807, 2.05) is 6.92 Å². The maximum Gasteiger partial charge on any atom is 0.224 e. The van der Waals surface area contributed by atoms with Crippen molar-refractivity contribution in [2.75, 3.05) is 17.2 Å². The van der Waals surface area contributed by atoms with Crippen molar-refractivity contribution in [2.45, 2.75) is 82.6 Å². The van der Waals surface area contributed by atoms with Crippen molar-refractivity contribution in [1.82, 2.24) is 9.97 Å². The predicted molar refractivity (Wildman–Crippen MR) is 99.9 cm³/mol. The second-order valence-corrected chi connectivity index (χ2v) is 7.30. The maximum absolute atomic E-state index is 9.85. The first kappa shape index (κ1) is 18.9. The van der Waals surface area contributed by atoms with Crippen molar-refractivity contribution >= 4 is 11.8 Å². The van der Waals surface area contributed by atoms with E-state index >= 15 is 0 Å². The third kappa shape index (κ3) is 5.05. The van der Waals surface area contributed by atoms with Gasteiger partial charge in [0.2, 0.25) is 5.95 Å². The lowest BCUT2D eigenvalue weighted by atomic mass is 9.93. The largest absolute Gasteiger partial charge is 0.393 e. The van der Waals surface area contributed by atoms with Crippen LogP contribution < -0.4 is 10.6 Å². The topological polar surface area (TPSA) is 103 Å². The Morgan fingerprint density at radius 1 is 1.19 bits per heavy atom. The number of ether oxygens (including phenoxy) is 1. The first-order valence-electron chi connectivity index (χ1n) is 9.77. The van der Waals surface area contributed by atoms with Crippen LogP contribution in [0.1, 0.15) is 63.9 Å². The van der Waals surface area contributed by atoms with Gasteiger partial charge in [0.1, 0.15) is 17.5 Å². The average Bonchev–Trinajstić information content (AvgIpc) is 2.64. The number of aliphatic hydroxyl groups excluding tert-OH is 1. The Morgan fingerprint density at radius 3 is 2.69 bits per heavy atom. The highest BCUT2D eigenvalue weighted by Gasteiger charge is 2.24. The van der Waals surface area contributed by atoms with Crippen molar-refractivity contribution < 1.29 is 9.84 Å². The molecular formula is C19H29N5O2. The SMILES string of the molecule is CCO[C@H]1CC[C@H](Nc2ncc(C#N)c(N[C@@H]3CCC[C@@H](O)C3)n2)CC1. The van der Waals surface area contributed by atoms with Gasteiger partial charge in [0.25, 0.3) is 0 Å². The van der Waals surface area contributed by atoms with E-state index in [0.717, 1.165) is 51.6 Å². The van der Waals surface area contributed by atoms with Crippen molar-refractivity contribution in [3.05, 3.63) is 11.8 Å². The molecule has 7 heteroatoms. The van der Waals surface area contributed by atoms with Gasteiger partial charge in [0, 0.05) is 18.7 Å². The number of aliphatic hydroxyl groups is 1. The Hall–Kier alpha value is -1.91. The first-order valence-corrected chi connectivity index (χ1v) is 9.77. The van der Waals surface area contributed by atoms with Crippen LogP contribution in [-0.2, 0) is 4.74 Å². The van der Waals surface area contributed by atoms with E-state index in [2.05, 4.69) is 26.7 Å². The van der Waals surface area contributed by atoms with Crippen LogP contribution in [0.3, 0.4) is 0 Å². The molecule has 2 fully saturated rings. The van der Waals surface area contributed by atoms with Crippen LogP contribution in [0.25, 0.3) is 0 Å². The van der Waals surface area contributed by atoms with E-state index < -0.39 is 0 Å². The lowest BCUT2D eigenvalue weighted by Gasteiger charge is -2.29. The molecule has 0 unspecified atom stereocenters. The van der Waals surface area contributed by atoms with E-state index in [-0.39, 0.29) is 12.1 Å². The minimum atomic E-state index is -0.272. The fraction of sp³-hybridized carbons (Fsp3) is 0.737. The van der Waals surface area contributed by atoms with Gasteiger partial charge in [-0.1, -0.05) is 0 Å². The van der Waals surface area contributed by atoms with Crippen molar-refractivity contribution in [2.24, 2.45) is 0 Å². The standard InChI is InChI=1S/C19H29N5O2/c1-2-26-17-8-6-14(7-9-17)23-19-21-12-13(11-20)18(24-19)22-15-4-3-5-16(25)10-15/h12,14-17,25H,2-10H2,1H3,(H2,21,22,23,24)/t14-,15-,16-,17-/m1/s1. The molecule has 0 aromatic carbocycles. The Labute approximate surface area is 155 Å². The minimum Gasteiger partial charge on any atom is -0.393 e. The van der Waals surface area contributed by atoms with E-state index in [4.69, 9.17) is 4.74 Å². The van der Waals surface area contributed by atoms with E-state index in [0.29, 0.717) is 35.9 Å². The summed E-state index contributed by atoms with van der Waals surface area (Å²) in [6, 6.07) is 2.64. The minimum absolute atomic E-state index is 0.148. The number of nitriles is 1. The normalized spacial score (nSPS) is 29.0. The summed E-state index contributed by atoms with van der Waals surface area (Å²) in [4.78, 5) is 8.85. The number of nitrogens with one attached hydrogen (secondary N) is 2. The molecule has 0 spiro atoms. The summed E-state index contributed by atoms with van der Waals surface area (Å²) in [5, 5.41) is 25.9. The monoisotopic (exact) mass is 359 g/mol. The van der Waals surface area contributed by atoms with E-state index in [9.17, 15) is 10.4 Å². The van der Waals surface area contributed by atoms with Crippen LogP contribution in [0.5, 0.6) is 0 Å². The zero-order chi connectivity index (χ0) is 18.4. The molecule has 0 bridgehead atoms. The molecule has 3 rings (SSSR count). The zero-order valence-corrected chi connectivity index (χ0v) is 15.4. The second-order valence-electron chi connectivity index (χ2n) is 7.30. The molecule has 2 atom stereocenters. The molecule has 0 amide bonds. The van der Waals surface area contributed by atoms with Gasteiger partial charge in [-0.05, 0) is 58.3 Å². The third-order valence-electron chi connectivity index (χ3n) is 5.31. The fourth-order valence-electron chi connectivity index (χ4n) is 3.92. The quantitative estimate of drug-likeness (QED) is 0.717. The number of hydrogen-bond acceptors (Lipinski definition) is 7. The molecule has 26 heavy (non-hydrogen) atoms. The molecule has 7 nitrogen and oxygen atoms in total. The van der Waals surface area contributed by atoms with Crippen LogP contribution >= 0.6 is 0 Å². The molecule has 2 saturated carbocycles. The highest BCUT2D eigenvalue weighted by atomic mass is 16.5. The van der Waals surface area contributed by atoms with Crippen LogP contribution in [0.2, 0.25) is 0 Å². The summed E-state index contributed by atoms with van der Waals surface area (Å²) in [6.45, 7) is 2.81. The summed E-state index contributed by atoms with van der Waals surface area (Å²) in [7, 11) is 0. The Bertz CT molecular complexity index is 625. The van der Waals surface area contributed by atoms with E-state index in [1.54, 1.807) is 6.20 Å². The number of rotatable bonds is 6. The number of nitrogens with zero attached hydrogens (tertiary/aromatic N) is 3. The average molecular weight is 359 g/mol. The molecule has 1 aromatic heterocycles. The number of anilines is 2. The van der Waals surface area contributed by atoms with Crippen LogP contribution in [-0.4, -0.2) is 46.0 Å². The van der Waals surface area contributed by atoms with Gasteiger partial charge in [0.15, 0.2) is 0 Å². The maximum atomic E-state index is 9.85. The first-order chi connectivity index (χ1) is 12.7. The molecule has 1 heterocycles. The van der Waals surface area contributed by atoms with Crippen LogP contribution in [0.15, 0.2) is 6.20 Å². The van der Waals surface area contributed by atoms with Gasteiger partial charge in [0.05, 0.1) is 18.4 Å². The molecule has 3 N–H and O–H groups in total. The summed E-state index contributed by atoms with van der Waals surface area (Å²) in [5.41, 5.74) is 0.440. The van der Waals surface area contributed by atoms with Crippen LogP contribution in [0, 0.1) is 11.3 Å². The molecule has 2 aliphatic rings. The fourth-order valence-corrected chi connectivity index (χ4v) is 3.92. The van der Waals surface area contributed by atoms with Crippen molar-refractivity contribution in [3.8, 4) is 6.07 Å². The summed E-state index contributed by atoms with van der Waals surface area (Å²) < 4.78 is 5.70. The van der Waals surface area contributed by atoms with Gasteiger partial charge in [-0.15, -0.1) is 0 Å². The number of hydrogen-bond donors (Lipinski definition) is 3. The third-order valence-corrected chi connectivity index (χ3v) is 5.31. The highest BCUT2D eigenvalue weighted by Crippen LogP contribution is 2.25. The van der Waals surface area contributed by atoms with Gasteiger partial charge < -0.3 is 20.5 Å². The molecule has 1 aromatic rings. The van der Waals surface area contributed by atoms with Gasteiger partial charge in [-0.25, -0.2) is 4.98 Å². The van der Waals surface area contributed by atoms with E-state index in [1.165, 1.54) is 0 Å². The highest BCUT2D eigenvalue weighted by molar-refractivity contribution is 5.54.